The summed E-state index contributed by atoms with van der Waals surface area (Å²) < 4.78 is 25.3. The van der Waals surface area contributed by atoms with Crippen molar-refractivity contribution in [3.05, 3.63) is 0 Å². The van der Waals surface area contributed by atoms with Gasteiger partial charge >= 0.3 is 0 Å². The second kappa shape index (κ2) is 24.7. The van der Waals surface area contributed by atoms with E-state index in [0.29, 0.717) is 51.7 Å². The fourth-order valence-electron chi connectivity index (χ4n) is 2.25. The molecule has 9 nitrogen and oxygen atoms in total. The molecule has 172 valence electrons. The Hall–Kier alpha value is -0.360. The standard InChI is InChI=1S/C9H18O2.C6H14O4.C4H10O3/c1-4-8-6-5-7(2)9(10-3)11-8;7-1-3-9-5-6-10-4-2-8;5-1-3-7-4-2-6/h7-9H,4-6H2,1-3H3;7-8H,1-6H2;5-6H,1-4H2. The highest BCUT2D eigenvalue weighted by Gasteiger charge is 2.26. The van der Waals surface area contributed by atoms with E-state index in [2.05, 4.69) is 18.6 Å². The number of rotatable bonds is 13. The van der Waals surface area contributed by atoms with Gasteiger partial charge in [-0.3, -0.25) is 0 Å². The van der Waals surface area contributed by atoms with Crippen molar-refractivity contribution in [1.82, 2.24) is 0 Å². The van der Waals surface area contributed by atoms with Crippen LogP contribution in [0.25, 0.3) is 0 Å². The summed E-state index contributed by atoms with van der Waals surface area (Å²) in [5.41, 5.74) is 0. The van der Waals surface area contributed by atoms with Crippen LogP contribution in [0.2, 0.25) is 0 Å². The lowest BCUT2D eigenvalue weighted by molar-refractivity contribution is -0.205. The molecule has 1 heterocycles. The molecule has 3 atom stereocenters. The molecule has 1 aliphatic heterocycles. The molecule has 0 amide bonds. The van der Waals surface area contributed by atoms with Gasteiger partial charge in [-0.1, -0.05) is 13.8 Å². The monoisotopic (exact) mass is 414 g/mol. The molecule has 1 rings (SSSR count). The van der Waals surface area contributed by atoms with Gasteiger partial charge in [0, 0.05) is 13.0 Å². The molecule has 1 aliphatic rings. The quantitative estimate of drug-likeness (QED) is 0.312. The summed E-state index contributed by atoms with van der Waals surface area (Å²) in [4.78, 5) is 0. The van der Waals surface area contributed by atoms with Gasteiger partial charge in [0.1, 0.15) is 0 Å². The van der Waals surface area contributed by atoms with E-state index < -0.39 is 0 Å². The highest BCUT2D eigenvalue weighted by molar-refractivity contribution is 4.69. The Morgan fingerprint density at radius 2 is 1.18 bits per heavy atom. The number of ether oxygens (including phenoxy) is 5. The Labute approximate surface area is 169 Å². The lowest BCUT2D eigenvalue weighted by atomic mass is 9.98. The third kappa shape index (κ3) is 20.4. The fourth-order valence-corrected chi connectivity index (χ4v) is 2.25. The van der Waals surface area contributed by atoms with E-state index in [9.17, 15) is 0 Å². The van der Waals surface area contributed by atoms with Gasteiger partial charge in [-0.05, 0) is 19.3 Å². The molecule has 0 aromatic rings. The van der Waals surface area contributed by atoms with E-state index in [4.69, 9.17) is 39.4 Å². The van der Waals surface area contributed by atoms with Gasteiger partial charge in [0.05, 0.1) is 72.2 Å². The van der Waals surface area contributed by atoms with Crippen molar-refractivity contribution >= 4 is 0 Å². The molecule has 0 aromatic heterocycles. The van der Waals surface area contributed by atoms with Crippen LogP contribution in [-0.4, -0.2) is 106 Å². The van der Waals surface area contributed by atoms with E-state index in [-0.39, 0.29) is 32.7 Å². The first-order chi connectivity index (χ1) is 13.6. The molecule has 9 heteroatoms. The van der Waals surface area contributed by atoms with Crippen LogP contribution in [0.5, 0.6) is 0 Å². The van der Waals surface area contributed by atoms with E-state index in [1.807, 2.05) is 0 Å². The van der Waals surface area contributed by atoms with Crippen molar-refractivity contribution in [2.75, 3.05) is 73.2 Å². The van der Waals surface area contributed by atoms with Gasteiger partial charge < -0.3 is 44.1 Å². The van der Waals surface area contributed by atoms with Crippen molar-refractivity contribution in [3.8, 4) is 0 Å². The predicted molar refractivity (Wildman–Crippen MR) is 105 cm³/mol. The zero-order chi connectivity index (χ0) is 21.5. The number of aliphatic hydroxyl groups is 4. The lowest BCUT2D eigenvalue weighted by Crippen LogP contribution is -2.34. The summed E-state index contributed by atoms with van der Waals surface area (Å²) in [5, 5.41) is 32.7. The van der Waals surface area contributed by atoms with Crippen LogP contribution >= 0.6 is 0 Å². The highest BCUT2D eigenvalue weighted by Crippen LogP contribution is 2.26. The molecule has 4 N–H and O–H groups in total. The second-order valence-electron chi connectivity index (χ2n) is 6.06. The zero-order valence-corrected chi connectivity index (χ0v) is 17.8. The minimum Gasteiger partial charge on any atom is -0.394 e. The van der Waals surface area contributed by atoms with Crippen LogP contribution in [0.4, 0.5) is 0 Å². The minimum absolute atomic E-state index is 0.0278. The van der Waals surface area contributed by atoms with Crippen LogP contribution < -0.4 is 0 Å². The van der Waals surface area contributed by atoms with Gasteiger partial charge in [-0.25, -0.2) is 0 Å². The number of methoxy groups -OCH3 is 1. The topological polar surface area (TPSA) is 127 Å². The second-order valence-corrected chi connectivity index (χ2v) is 6.06. The summed E-state index contributed by atoms with van der Waals surface area (Å²) >= 11 is 0. The molecule has 0 bridgehead atoms. The first kappa shape index (κ1) is 29.8. The molecule has 1 fully saturated rings. The Kier molecular flexibility index (Phi) is 26.3. The number of hydrogen-bond acceptors (Lipinski definition) is 9. The maximum Gasteiger partial charge on any atom is 0.160 e. The molecule has 28 heavy (non-hydrogen) atoms. The number of aliphatic hydroxyl groups excluding tert-OH is 4. The Bertz CT molecular complexity index is 270. The van der Waals surface area contributed by atoms with Gasteiger partial charge in [-0.2, -0.15) is 0 Å². The zero-order valence-electron chi connectivity index (χ0n) is 17.8. The summed E-state index contributed by atoms with van der Waals surface area (Å²) in [6.45, 7) is 6.76. The van der Waals surface area contributed by atoms with Crippen molar-refractivity contribution in [1.29, 1.82) is 0 Å². The molecule has 0 saturated carbocycles. The van der Waals surface area contributed by atoms with Crippen molar-refractivity contribution < 1.29 is 44.1 Å². The summed E-state index contributed by atoms with van der Waals surface area (Å²) in [7, 11) is 1.72. The third-order valence-corrected chi connectivity index (χ3v) is 3.74. The van der Waals surface area contributed by atoms with Crippen LogP contribution in [0, 0.1) is 5.92 Å². The molecule has 0 aliphatic carbocycles. The van der Waals surface area contributed by atoms with Crippen molar-refractivity contribution in [2.24, 2.45) is 5.92 Å². The van der Waals surface area contributed by atoms with E-state index in [1.54, 1.807) is 7.11 Å². The van der Waals surface area contributed by atoms with E-state index in [1.165, 1.54) is 12.8 Å². The van der Waals surface area contributed by atoms with Crippen molar-refractivity contribution in [2.45, 2.75) is 45.5 Å². The van der Waals surface area contributed by atoms with E-state index in [0.717, 1.165) is 6.42 Å². The van der Waals surface area contributed by atoms with Gasteiger partial charge in [-0.15, -0.1) is 0 Å². The minimum atomic E-state index is 0.0278. The molecule has 0 aromatic carbocycles. The summed E-state index contributed by atoms with van der Waals surface area (Å²) in [6, 6.07) is 0. The smallest absolute Gasteiger partial charge is 0.160 e. The van der Waals surface area contributed by atoms with Crippen LogP contribution in [0.15, 0.2) is 0 Å². The van der Waals surface area contributed by atoms with Gasteiger partial charge in [0.25, 0.3) is 0 Å². The SMILES string of the molecule is CCC1CCC(C)C(OC)O1.OCCOCCO.OCCOCCOCCO. The Morgan fingerprint density at radius 1 is 0.750 bits per heavy atom. The predicted octanol–water partition coefficient (Wildman–Crippen LogP) is 0.176. The molecular weight excluding hydrogens is 372 g/mol. The molecule has 3 unspecified atom stereocenters. The van der Waals surface area contributed by atoms with Crippen LogP contribution in [-0.2, 0) is 23.7 Å². The first-order valence-corrected chi connectivity index (χ1v) is 9.95. The largest absolute Gasteiger partial charge is 0.394 e. The summed E-state index contributed by atoms with van der Waals surface area (Å²) in [5.74, 6) is 0.558. The van der Waals surface area contributed by atoms with Crippen molar-refractivity contribution in [3.63, 3.8) is 0 Å². The number of hydrogen-bond donors (Lipinski definition) is 4. The summed E-state index contributed by atoms with van der Waals surface area (Å²) in [6.07, 6.45) is 3.99. The first-order valence-electron chi connectivity index (χ1n) is 9.95. The lowest BCUT2D eigenvalue weighted by Gasteiger charge is -2.33. The maximum absolute atomic E-state index is 8.26. The third-order valence-electron chi connectivity index (χ3n) is 3.74. The normalized spacial score (nSPS) is 21.3. The fraction of sp³-hybridized carbons (Fsp3) is 1.00. The highest BCUT2D eigenvalue weighted by atomic mass is 16.7. The molecule has 0 spiro atoms. The average molecular weight is 415 g/mol. The average Bonchev–Trinajstić information content (AvgIpc) is 2.72. The Balaban J connectivity index is 0. The van der Waals surface area contributed by atoms with Gasteiger partial charge in [0.15, 0.2) is 6.29 Å². The molecule has 0 radical (unpaired) electrons. The van der Waals surface area contributed by atoms with Crippen LogP contribution in [0.3, 0.4) is 0 Å². The maximum atomic E-state index is 8.26. The van der Waals surface area contributed by atoms with Crippen LogP contribution in [0.1, 0.15) is 33.1 Å². The molecule has 1 saturated heterocycles. The van der Waals surface area contributed by atoms with E-state index >= 15 is 0 Å². The molecular formula is C19H42O9. The van der Waals surface area contributed by atoms with Gasteiger partial charge in [0.2, 0.25) is 0 Å². The Morgan fingerprint density at radius 3 is 1.54 bits per heavy atom.